The van der Waals surface area contributed by atoms with Gasteiger partial charge in [0.2, 0.25) is 0 Å². The molecule has 0 saturated heterocycles. The van der Waals surface area contributed by atoms with E-state index in [9.17, 15) is 8.76 Å². The summed E-state index contributed by atoms with van der Waals surface area (Å²) in [6.45, 7) is 12.4. The molecule has 0 aromatic rings. The first-order valence-electron chi connectivity index (χ1n) is 8.40. The van der Waals surface area contributed by atoms with Gasteiger partial charge in [0.15, 0.2) is 0 Å². The smallest absolute Gasteiger partial charge is 0.0432 e. The molecule has 0 spiro atoms. The van der Waals surface area contributed by atoms with E-state index >= 15 is 0 Å². The molecular weight excluding hydrogens is 304 g/mol. The summed E-state index contributed by atoms with van der Waals surface area (Å²) >= 11 is -2.07. The van der Waals surface area contributed by atoms with Crippen molar-refractivity contribution in [2.75, 3.05) is 0 Å². The molecule has 3 heteroatoms. The third-order valence-corrected chi connectivity index (χ3v) is 4.42. The van der Waals surface area contributed by atoms with Crippen LogP contribution in [0.3, 0.4) is 0 Å². The predicted molar refractivity (Wildman–Crippen MR) is 102 cm³/mol. The molecule has 0 aromatic heterocycles. The van der Waals surface area contributed by atoms with Gasteiger partial charge in [0.1, 0.15) is 0 Å². The van der Waals surface area contributed by atoms with Crippen LogP contribution in [0, 0.1) is 0 Å². The van der Waals surface area contributed by atoms with E-state index in [2.05, 4.69) is 52.8 Å². The largest absolute Gasteiger partial charge is 0.772 e. The minimum absolute atomic E-state index is 0.417. The van der Waals surface area contributed by atoms with E-state index < -0.39 is 16.3 Å². The van der Waals surface area contributed by atoms with Crippen molar-refractivity contribution in [3.05, 3.63) is 46.6 Å². The van der Waals surface area contributed by atoms with Gasteiger partial charge in [-0.3, -0.25) is 4.21 Å². The molecular formula is C20H33O2S-. The molecule has 0 aliphatic carbocycles. The Morgan fingerprint density at radius 1 is 0.870 bits per heavy atom. The molecule has 0 N–H and O–H groups in total. The first kappa shape index (κ1) is 22.1. The number of hydrogen-bond donors (Lipinski definition) is 0. The second-order valence-electron chi connectivity index (χ2n) is 6.74. The van der Waals surface area contributed by atoms with Crippen molar-refractivity contribution in [3.8, 4) is 0 Å². The average molecular weight is 338 g/mol. The SMILES string of the molecule is CC(C)=CCC/C(C)=C/CC(/C=C(\C)CCC=C(C)C)S(=O)[O-]. The van der Waals surface area contributed by atoms with Crippen LogP contribution in [0.5, 0.6) is 0 Å². The van der Waals surface area contributed by atoms with Crippen molar-refractivity contribution in [1.82, 2.24) is 0 Å². The summed E-state index contributed by atoms with van der Waals surface area (Å²) in [7, 11) is 0. The summed E-state index contributed by atoms with van der Waals surface area (Å²) in [5.41, 5.74) is 5.03. The minimum atomic E-state index is -2.07. The topological polar surface area (TPSA) is 40.1 Å². The fourth-order valence-corrected chi connectivity index (χ4v) is 2.80. The number of rotatable bonds is 10. The molecule has 2 atom stereocenters. The molecule has 132 valence electrons. The van der Waals surface area contributed by atoms with Crippen LogP contribution in [0.15, 0.2) is 46.6 Å². The summed E-state index contributed by atoms with van der Waals surface area (Å²) < 4.78 is 22.9. The van der Waals surface area contributed by atoms with Crippen LogP contribution >= 0.6 is 0 Å². The highest BCUT2D eigenvalue weighted by Gasteiger charge is 2.05. The van der Waals surface area contributed by atoms with Gasteiger partial charge in [0, 0.05) is 5.25 Å². The zero-order chi connectivity index (χ0) is 17.8. The van der Waals surface area contributed by atoms with E-state index in [0.717, 1.165) is 31.3 Å². The van der Waals surface area contributed by atoms with E-state index in [0.29, 0.717) is 6.42 Å². The molecule has 0 radical (unpaired) electrons. The van der Waals surface area contributed by atoms with Gasteiger partial charge in [0.25, 0.3) is 0 Å². The van der Waals surface area contributed by atoms with Gasteiger partial charge < -0.3 is 4.55 Å². The van der Waals surface area contributed by atoms with Crippen molar-refractivity contribution in [3.63, 3.8) is 0 Å². The first-order chi connectivity index (χ1) is 10.7. The number of hydrogen-bond acceptors (Lipinski definition) is 2. The summed E-state index contributed by atoms with van der Waals surface area (Å²) in [6, 6.07) is 0. The maximum Gasteiger partial charge on any atom is 0.0432 e. The van der Waals surface area contributed by atoms with Crippen molar-refractivity contribution in [2.45, 2.75) is 78.9 Å². The minimum Gasteiger partial charge on any atom is -0.772 e. The second-order valence-corrected chi connectivity index (χ2v) is 7.86. The van der Waals surface area contributed by atoms with Crippen LogP contribution in [0.4, 0.5) is 0 Å². The Balaban J connectivity index is 4.59. The highest BCUT2D eigenvalue weighted by Crippen LogP contribution is 2.15. The molecule has 0 rings (SSSR count). The molecule has 0 amide bonds. The molecule has 23 heavy (non-hydrogen) atoms. The lowest BCUT2D eigenvalue weighted by molar-refractivity contribution is 0.529. The Hall–Kier alpha value is -0.930. The molecule has 0 aliphatic rings. The lowest BCUT2D eigenvalue weighted by Crippen LogP contribution is -2.11. The third-order valence-electron chi connectivity index (χ3n) is 3.60. The third kappa shape index (κ3) is 13.2. The van der Waals surface area contributed by atoms with Gasteiger partial charge in [-0.1, -0.05) is 46.6 Å². The maximum atomic E-state index is 11.4. The first-order valence-corrected chi connectivity index (χ1v) is 9.54. The molecule has 0 bridgehead atoms. The van der Waals surface area contributed by atoms with E-state index in [1.165, 1.54) is 16.7 Å². The summed E-state index contributed by atoms with van der Waals surface area (Å²) in [4.78, 5) is 0. The van der Waals surface area contributed by atoms with Crippen molar-refractivity contribution in [1.29, 1.82) is 0 Å². The predicted octanol–water partition coefficient (Wildman–Crippen LogP) is 6.01. The van der Waals surface area contributed by atoms with Gasteiger partial charge in [-0.05, 0) is 84.7 Å². The molecule has 0 saturated carbocycles. The Labute approximate surface area is 145 Å². The van der Waals surface area contributed by atoms with Crippen LogP contribution in [0.25, 0.3) is 0 Å². The monoisotopic (exact) mass is 337 g/mol. The van der Waals surface area contributed by atoms with Gasteiger partial charge in [-0.2, -0.15) is 0 Å². The fourth-order valence-electron chi connectivity index (χ4n) is 2.20. The summed E-state index contributed by atoms with van der Waals surface area (Å²) in [5, 5.41) is -0.417. The second kappa shape index (κ2) is 12.5. The van der Waals surface area contributed by atoms with Crippen LogP contribution in [0.1, 0.15) is 73.6 Å². The Morgan fingerprint density at radius 2 is 1.35 bits per heavy atom. The van der Waals surface area contributed by atoms with E-state index in [4.69, 9.17) is 0 Å². The Bertz CT molecular complexity index is 488. The lowest BCUT2D eigenvalue weighted by Gasteiger charge is -2.16. The number of allylic oxidation sites excluding steroid dienone is 7. The van der Waals surface area contributed by atoms with E-state index in [1.54, 1.807) is 0 Å². The molecule has 2 nitrogen and oxygen atoms in total. The molecule has 0 aliphatic heterocycles. The Morgan fingerprint density at radius 3 is 1.78 bits per heavy atom. The van der Waals surface area contributed by atoms with Gasteiger partial charge in [-0.15, -0.1) is 0 Å². The standard InChI is InChI=1S/C20H34O2S/c1-16(2)9-7-11-18(5)13-14-20(23(21)22)15-19(6)12-8-10-17(3)4/h9-10,13,15,20H,7-8,11-12,14H2,1-6H3,(H,21,22)/p-1/b18-13+,19-15+. The van der Waals surface area contributed by atoms with Gasteiger partial charge in [-0.25, -0.2) is 0 Å². The quantitative estimate of drug-likeness (QED) is 0.362. The average Bonchev–Trinajstić information content (AvgIpc) is 2.42. The van der Waals surface area contributed by atoms with Crippen molar-refractivity contribution >= 4 is 11.1 Å². The van der Waals surface area contributed by atoms with Gasteiger partial charge in [0.05, 0.1) is 0 Å². The van der Waals surface area contributed by atoms with Crippen molar-refractivity contribution < 1.29 is 8.76 Å². The highest BCUT2D eigenvalue weighted by atomic mass is 32.2. The Kier molecular flexibility index (Phi) is 12.0. The molecule has 0 aromatic carbocycles. The molecule has 0 fully saturated rings. The normalized spacial score (nSPS) is 15.1. The van der Waals surface area contributed by atoms with Crippen LogP contribution < -0.4 is 0 Å². The van der Waals surface area contributed by atoms with E-state index in [1.807, 2.05) is 13.0 Å². The molecule has 2 unspecified atom stereocenters. The van der Waals surface area contributed by atoms with Crippen LogP contribution in [-0.4, -0.2) is 14.0 Å². The summed E-state index contributed by atoms with van der Waals surface area (Å²) in [5.74, 6) is 0. The lowest BCUT2D eigenvalue weighted by atomic mass is 10.1. The zero-order valence-corrected chi connectivity index (χ0v) is 16.5. The van der Waals surface area contributed by atoms with E-state index in [-0.39, 0.29) is 0 Å². The van der Waals surface area contributed by atoms with Gasteiger partial charge >= 0.3 is 0 Å². The fraction of sp³-hybridized carbons (Fsp3) is 0.600. The van der Waals surface area contributed by atoms with Crippen LogP contribution in [0.2, 0.25) is 0 Å². The zero-order valence-electron chi connectivity index (χ0n) is 15.6. The van der Waals surface area contributed by atoms with Crippen molar-refractivity contribution in [2.24, 2.45) is 0 Å². The maximum absolute atomic E-state index is 11.4. The summed E-state index contributed by atoms with van der Waals surface area (Å²) in [6.07, 6.45) is 12.8. The highest BCUT2D eigenvalue weighted by molar-refractivity contribution is 7.80. The van der Waals surface area contributed by atoms with Crippen LogP contribution in [-0.2, 0) is 11.1 Å². The molecule has 0 heterocycles.